The number of hydrogen-bond acceptors (Lipinski definition) is 4. The molecule has 1 aromatic carbocycles. The van der Waals surface area contributed by atoms with Crippen LogP contribution >= 0.6 is 0 Å². The lowest BCUT2D eigenvalue weighted by Gasteiger charge is -2.21. The van der Waals surface area contributed by atoms with Gasteiger partial charge in [0, 0.05) is 18.8 Å². The van der Waals surface area contributed by atoms with Crippen LogP contribution in [0.25, 0.3) is 0 Å². The van der Waals surface area contributed by atoms with Gasteiger partial charge in [-0.1, -0.05) is 0 Å². The van der Waals surface area contributed by atoms with Crippen molar-refractivity contribution in [3.05, 3.63) is 23.8 Å². The number of anilines is 1. The van der Waals surface area contributed by atoms with E-state index in [0.717, 1.165) is 17.8 Å². The largest absolute Gasteiger partial charge is 0.395 e. The Morgan fingerprint density at radius 3 is 2.80 bits per heavy atom. The number of rotatable bonds is 6. The Bertz CT molecular complexity index is 578. The second-order valence-corrected chi connectivity index (χ2v) is 6.41. The topological polar surface area (TPSA) is 69.6 Å². The van der Waals surface area contributed by atoms with Gasteiger partial charge in [0.25, 0.3) is 6.43 Å². The summed E-state index contributed by atoms with van der Waals surface area (Å²) >= 11 is 0. The molecule has 1 aliphatic rings. The quantitative estimate of drug-likeness (QED) is 0.819. The van der Waals surface area contributed by atoms with Gasteiger partial charge in [0.2, 0.25) is 10.0 Å². The van der Waals surface area contributed by atoms with Crippen molar-refractivity contribution in [3.63, 3.8) is 0 Å². The van der Waals surface area contributed by atoms with E-state index in [2.05, 4.69) is 5.32 Å². The van der Waals surface area contributed by atoms with Gasteiger partial charge in [-0.15, -0.1) is 0 Å². The molecule has 0 bridgehead atoms. The van der Waals surface area contributed by atoms with Crippen LogP contribution in [0.5, 0.6) is 0 Å². The highest BCUT2D eigenvalue weighted by atomic mass is 32.2. The summed E-state index contributed by atoms with van der Waals surface area (Å²) in [6.45, 7) is -1.03. The molecule has 2 N–H and O–H groups in total. The van der Waals surface area contributed by atoms with Crippen molar-refractivity contribution in [1.82, 2.24) is 4.31 Å². The third-order valence-corrected chi connectivity index (χ3v) is 4.98. The molecular formula is C12H16F2N2O3S. The molecular weight excluding hydrogens is 290 g/mol. The molecule has 1 aromatic rings. The fraction of sp³-hybridized carbons (Fsp3) is 0.500. The van der Waals surface area contributed by atoms with Crippen LogP contribution in [0.1, 0.15) is 5.56 Å². The van der Waals surface area contributed by atoms with Crippen molar-refractivity contribution in [3.8, 4) is 0 Å². The predicted octanol–water partition coefficient (Wildman–Crippen LogP) is 0.903. The molecule has 0 amide bonds. The average Bonchev–Trinajstić information content (AvgIpc) is 2.84. The molecule has 0 spiro atoms. The Labute approximate surface area is 116 Å². The number of benzene rings is 1. The number of halogens is 2. The van der Waals surface area contributed by atoms with E-state index in [0.29, 0.717) is 10.7 Å². The van der Waals surface area contributed by atoms with Crippen molar-refractivity contribution in [1.29, 1.82) is 0 Å². The highest BCUT2D eigenvalue weighted by molar-refractivity contribution is 7.89. The third kappa shape index (κ3) is 3.08. The number of alkyl halides is 2. The number of fused-ring (bicyclic) bond motifs is 1. The monoisotopic (exact) mass is 306 g/mol. The Hall–Kier alpha value is -1.25. The molecule has 0 radical (unpaired) electrons. The fourth-order valence-electron chi connectivity index (χ4n) is 2.17. The molecule has 0 saturated carbocycles. The highest BCUT2D eigenvalue weighted by Gasteiger charge is 2.27. The Morgan fingerprint density at radius 1 is 1.40 bits per heavy atom. The first-order valence-electron chi connectivity index (χ1n) is 6.21. The van der Waals surface area contributed by atoms with Crippen LogP contribution in [0, 0.1) is 0 Å². The molecule has 1 aliphatic heterocycles. The fourth-order valence-corrected chi connectivity index (χ4v) is 3.63. The summed E-state index contributed by atoms with van der Waals surface area (Å²) in [6, 6.07) is 4.53. The summed E-state index contributed by atoms with van der Waals surface area (Å²) in [6.07, 6.45) is -2.08. The maximum absolute atomic E-state index is 12.5. The Kier molecular flexibility index (Phi) is 4.56. The SMILES string of the molecule is O=S(=O)(c1ccc2c(c1)CCN2)N(CCO)CC(F)F. The number of nitrogens with zero attached hydrogens (tertiary/aromatic N) is 1. The van der Waals surface area contributed by atoms with Gasteiger partial charge in [-0.05, 0) is 30.2 Å². The van der Waals surface area contributed by atoms with E-state index in [-0.39, 0.29) is 11.4 Å². The van der Waals surface area contributed by atoms with E-state index in [9.17, 15) is 17.2 Å². The van der Waals surface area contributed by atoms with Crippen LogP contribution in [0.15, 0.2) is 23.1 Å². The number of nitrogens with one attached hydrogen (secondary N) is 1. The lowest BCUT2D eigenvalue weighted by molar-refractivity contribution is 0.113. The van der Waals surface area contributed by atoms with Crippen molar-refractivity contribution in [2.45, 2.75) is 17.7 Å². The van der Waals surface area contributed by atoms with Crippen LogP contribution in [0.4, 0.5) is 14.5 Å². The number of aliphatic hydroxyl groups excluding tert-OH is 1. The molecule has 0 aliphatic carbocycles. The first-order valence-corrected chi connectivity index (χ1v) is 7.65. The van der Waals surface area contributed by atoms with Gasteiger partial charge in [0.05, 0.1) is 18.0 Å². The van der Waals surface area contributed by atoms with E-state index >= 15 is 0 Å². The smallest absolute Gasteiger partial charge is 0.252 e. The standard InChI is InChI=1S/C12H16F2N2O3S/c13-12(14)8-16(5-6-17)20(18,19)10-1-2-11-9(7-10)3-4-15-11/h1-2,7,12,15,17H,3-6,8H2. The minimum absolute atomic E-state index is 0.0194. The van der Waals surface area contributed by atoms with Gasteiger partial charge >= 0.3 is 0 Å². The number of sulfonamides is 1. The van der Waals surface area contributed by atoms with Gasteiger partial charge in [0.15, 0.2) is 0 Å². The van der Waals surface area contributed by atoms with Crippen molar-refractivity contribution >= 4 is 15.7 Å². The number of hydrogen-bond donors (Lipinski definition) is 2. The van der Waals surface area contributed by atoms with Gasteiger partial charge in [-0.25, -0.2) is 17.2 Å². The highest BCUT2D eigenvalue weighted by Crippen LogP contribution is 2.26. The molecule has 0 fully saturated rings. The third-order valence-electron chi connectivity index (χ3n) is 3.12. The summed E-state index contributed by atoms with van der Waals surface area (Å²) < 4.78 is 50.2. The average molecular weight is 306 g/mol. The summed E-state index contributed by atoms with van der Waals surface area (Å²) in [5.41, 5.74) is 1.72. The molecule has 0 unspecified atom stereocenters. The molecule has 1 heterocycles. The zero-order chi connectivity index (χ0) is 14.8. The summed E-state index contributed by atoms with van der Waals surface area (Å²) in [4.78, 5) is -0.0194. The van der Waals surface area contributed by atoms with E-state index in [4.69, 9.17) is 5.11 Å². The van der Waals surface area contributed by atoms with Crippen LogP contribution in [0.3, 0.4) is 0 Å². The molecule has 112 valence electrons. The van der Waals surface area contributed by atoms with Crippen LogP contribution in [-0.2, 0) is 16.4 Å². The summed E-state index contributed by atoms with van der Waals surface area (Å²) in [5, 5.41) is 12.0. The molecule has 0 saturated heterocycles. The lowest BCUT2D eigenvalue weighted by atomic mass is 10.2. The van der Waals surface area contributed by atoms with Crippen LogP contribution < -0.4 is 5.32 Å². The van der Waals surface area contributed by atoms with E-state index < -0.39 is 29.6 Å². The van der Waals surface area contributed by atoms with Gasteiger partial charge in [0.1, 0.15) is 0 Å². The Balaban J connectivity index is 2.32. The van der Waals surface area contributed by atoms with Crippen molar-refractivity contribution in [2.24, 2.45) is 0 Å². The molecule has 20 heavy (non-hydrogen) atoms. The zero-order valence-electron chi connectivity index (χ0n) is 10.7. The van der Waals surface area contributed by atoms with Gasteiger partial charge in [-0.3, -0.25) is 0 Å². The maximum atomic E-state index is 12.5. The zero-order valence-corrected chi connectivity index (χ0v) is 11.5. The molecule has 0 atom stereocenters. The minimum atomic E-state index is -4.01. The maximum Gasteiger partial charge on any atom is 0.252 e. The first kappa shape index (κ1) is 15.1. The summed E-state index contributed by atoms with van der Waals surface area (Å²) in [5.74, 6) is 0. The normalized spacial score (nSPS) is 14.7. The van der Waals surface area contributed by atoms with Crippen molar-refractivity contribution in [2.75, 3.05) is 31.6 Å². The van der Waals surface area contributed by atoms with E-state index in [1.54, 1.807) is 6.07 Å². The Morgan fingerprint density at radius 2 is 2.15 bits per heavy atom. The second-order valence-electron chi connectivity index (χ2n) is 4.47. The van der Waals surface area contributed by atoms with Crippen molar-refractivity contribution < 1.29 is 22.3 Å². The molecule has 2 rings (SSSR count). The second kappa shape index (κ2) is 6.02. The van der Waals surface area contributed by atoms with E-state index in [1.807, 2.05) is 0 Å². The number of aliphatic hydroxyl groups is 1. The molecule has 0 aromatic heterocycles. The first-order chi connectivity index (χ1) is 9.45. The van der Waals surface area contributed by atoms with Crippen LogP contribution in [0.2, 0.25) is 0 Å². The summed E-state index contributed by atoms with van der Waals surface area (Å²) in [7, 11) is -4.01. The lowest BCUT2D eigenvalue weighted by Crippen LogP contribution is -2.37. The van der Waals surface area contributed by atoms with Gasteiger partial charge < -0.3 is 10.4 Å². The predicted molar refractivity (Wildman–Crippen MR) is 70.5 cm³/mol. The molecule has 5 nitrogen and oxygen atoms in total. The minimum Gasteiger partial charge on any atom is -0.395 e. The molecule has 8 heteroatoms. The van der Waals surface area contributed by atoms with Gasteiger partial charge in [-0.2, -0.15) is 4.31 Å². The van der Waals surface area contributed by atoms with E-state index in [1.165, 1.54) is 12.1 Å². The van der Waals surface area contributed by atoms with Crippen LogP contribution in [-0.4, -0.2) is 50.5 Å².